The Bertz CT molecular complexity index is 470. The van der Waals surface area contributed by atoms with Gasteiger partial charge >= 0.3 is 7.12 Å². The lowest BCUT2D eigenvalue weighted by atomic mass is 9.77. The third kappa shape index (κ3) is 2.49. The molecule has 1 aromatic rings. The third-order valence-electron chi connectivity index (χ3n) is 4.10. The molecule has 0 atom stereocenters. The molecule has 0 N–H and O–H groups in total. The molecule has 0 unspecified atom stereocenters. The molecule has 4 nitrogen and oxygen atoms in total. The second-order valence-electron chi connectivity index (χ2n) is 6.38. The summed E-state index contributed by atoms with van der Waals surface area (Å²) in [7, 11) is 3.63. The molecule has 1 aliphatic rings. The highest BCUT2D eigenvalue weighted by molar-refractivity contribution is 6.62. The SMILES string of the molecule is Cc1cc(N(C)C)ncc1B1OC(C)(C)C(C)(C)O1. The fourth-order valence-corrected chi connectivity index (χ4v) is 2.01. The lowest BCUT2D eigenvalue weighted by Crippen LogP contribution is -2.41. The van der Waals surface area contributed by atoms with Crippen molar-refractivity contribution < 1.29 is 9.31 Å². The van der Waals surface area contributed by atoms with Gasteiger partial charge in [0.15, 0.2) is 0 Å². The zero-order valence-corrected chi connectivity index (χ0v) is 12.9. The first-order valence-electron chi connectivity index (χ1n) is 6.63. The van der Waals surface area contributed by atoms with Crippen molar-refractivity contribution in [2.45, 2.75) is 45.8 Å². The predicted molar refractivity (Wildman–Crippen MR) is 79.0 cm³/mol. The van der Waals surface area contributed by atoms with E-state index in [1.807, 2.05) is 25.2 Å². The van der Waals surface area contributed by atoms with Gasteiger partial charge in [-0.15, -0.1) is 0 Å². The van der Waals surface area contributed by atoms with Crippen molar-refractivity contribution in [3.63, 3.8) is 0 Å². The zero-order chi connectivity index (χ0) is 14.4. The fourth-order valence-electron chi connectivity index (χ4n) is 2.01. The summed E-state index contributed by atoms with van der Waals surface area (Å²) in [4.78, 5) is 6.43. The fraction of sp³-hybridized carbons (Fsp3) is 0.643. The van der Waals surface area contributed by atoms with Crippen molar-refractivity contribution in [1.82, 2.24) is 4.98 Å². The van der Waals surface area contributed by atoms with Crippen LogP contribution in [0.5, 0.6) is 0 Å². The van der Waals surface area contributed by atoms with E-state index in [1.54, 1.807) is 0 Å². The largest absolute Gasteiger partial charge is 0.496 e. The number of hydrogen-bond donors (Lipinski definition) is 0. The van der Waals surface area contributed by atoms with E-state index in [0.717, 1.165) is 16.8 Å². The number of nitrogens with zero attached hydrogens (tertiary/aromatic N) is 2. The highest BCUT2D eigenvalue weighted by atomic mass is 16.7. The Hall–Kier alpha value is -1.07. The van der Waals surface area contributed by atoms with Crippen LogP contribution >= 0.6 is 0 Å². The molecule has 2 rings (SSSR count). The van der Waals surface area contributed by atoms with Crippen molar-refractivity contribution in [3.05, 3.63) is 17.8 Å². The Morgan fingerprint density at radius 1 is 1.11 bits per heavy atom. The van der Waals surface area contributed by atoms with Gasteiger partial charge in [0.1, 0.15) is 5.82 Å². The van der Waals surface area contributed by atoms with Crippen LogP contribution in [-0.4, -0.2) is 37.4 Å². The Kier molecular flexibility index (Phi) is 3.39. The summed E-state index contributed by atoms with van der Waals surface area (Å²) in [5.74, 6) is 0.942. The molecule has 1 aliphatic heterocycles. The standard InChI is InChI=1S/C14H23BN2O2/c1-10-8-12(17(6)7)16-9-11(10)15-18-13(2,3)14(4,5)19-15/h8-9H,1-7H3. The first kappa shape index (κ1) is 14.3. The van der Waals surface area contributed by atoms with Crippen molar-refractivity contribution in [3.8, 4) is 0 Å². The second-order valence-corrected chi connectivity index (χ2v) is 6.38. The van der Waals surface area contributed by atoms with Gasteiger partial charge in [-0.2, -0.15) is 0 Å². The van der Waals surface area contributed by atoms with Gasteiger partial charge in [0.05, 0.1) is 11.2 Å². The average Bonchev–Trinajstić information content (AvgIpc) is 2.47. The minimum Gasteiger partial charge on any atom is -0.399 e. The predicted octanol–water partition coefficient (Wildman–Crippen LogP) is 1.76. The van der Waals surface area contributed by atoms with Crippen molar-refractivity contribution in [2.24, 2.45) is 0 Å². The Morgan fingerprint density at radius 3 is 2.05 bits per heavy atom. The highest BCUT2D eigenvalue weighted by Gasteiger charge is 2.52. The maximum atomic E-state index is 6.06. The molecule has 1 saturated heterocycles. The van der Waals surface area contributed by atoms with Crippen LogP contribution in [0.2, 0.25) is 0 Å². The molecule has 104 valence electrons. The van der Waals surface area contributed by atoms with Gasteiger partial charge in [0, 0.05) is 25.8 Å². The number of aryl methyl sites for hydroxylation is 1. The lowest BCUT2D eigenvalue weighted by molar-refractivity contribution is 0.00578. The van der Waals surface area contributed by atoms with E-state index < -0.39 is 0 Å². The van der Waals surface area contributed by atoms with Crippen molar-refractivity contribution in [2.75, 3.05) is 19.0 Å². The smallest absolute Gasteiger partial charge is 0.399 e. The van der Waals surface area contributed by atoms with E-state index in [4.69, 9.17) is 9.31 Å². The number of pyridine rings is 1. The van der Waals surface area contributed by atoms with Crippen LogP contribution in [-0.2, 0) is 9.31 Å². The number of rotatable bonds is 2. The van der Waals surface area contributed by atoms with Crippen LogP contribution in [0.4, 0.5) is 5.82 Å². The Morgan fingerprint density at radius 2 is 1.63 bits per heavy atom. The van der Waals surface area contributed by atoms with Gasteiger partial charge in [0.25, 0.3) is 0 Å². The normalized spacial score (nSPS) is 20.7. The molecule has 2 heterocycles. The Labute approximate surface area is 116 Å². The molecule has 0 saturated carbocycles. The van der Waals surface area contributed by atoms with E-state index in [0.29, 0.717) is 0 Å². The van der Waals surface area contributed by atoms with Gasteiger partial charge in [0.2, 0.25) is 0 Å². The van der Waals surface area contributed by atoms with Crippen LogP contribution in [0.1, 0.15) is 33.3 Å². The summed E-state index contributed by atoms with van der Waals surface area (Å²) in [6, 6.07) is 2.06. The molecule has 0 aliphatic carbocycles. The molecular weight excluding hydrogens is 239 g/mol. The van der Waals surface area contributed by atoms with Crippen LogP contribution in [0.15, 0.2) is 12.3 Å². The molecule has 19 heavy (non-hydrogen) atoms. The zero-order valence-electron chi connectivity index (χ0n) is 12.9. The first-order valence-corrected chi connectivity index (χ1v) is 6.63. The highest BCUT2D eigenvalue weighted by Crippen LogP contribution is 2.36. The molecule has 1 aromatic heterocycles. The molecule has 0 radical (unpaired) electrons. The number of anilines is 1. The first-order chi connectivity index (χ1) is 8.64. The van der Waals surface area contributed by atoms with Gasteiger partial charge in [-0.25, -0.2) is 4.98 Å². The molecule has 5 heteroatoms. The van der Waals surface area contributed by atoms with E-state index in [-0.39, 0.29) is 18.3 Å². The molecular formula is C14H23BN2O2. The van der Waals surface area contributed by atoms with Crippen LogP contribution in [0, 0.1) is 6.92 Å². The van der Waals surface area contributed by atoms with Crippen molar-refractivity contribution in [1.29, 1.82) is 0 Å². The van der Waals surface area contributed by atoms with Gasteiger partial charge < -0.3 is 14.2 Å². The minimum atomic E-state index is -0.339. The average molecular weight is 262 g/mol. The van der Waals surface area contributed by atoms with E-state index in [9.17, 15) is 0 Å². The maximum Gasteiger partial charge on any atom is 0.496 e. The van der Waals surface area contributed by atoms with E-state index in [1.165, 1.54) is 0 Å². The van der Waals surface area contributed by atoms with E-state index >= 15 is 0 Å². The third-order valence-corrected chi connectivity index (χ3v) is 4.10. The topological polar surface area (TPSA) is 34.6 Å². The summed E-state index contributed by atoms with van der Waals surface area (Å²) in [5.41, 5.74) is 1.51. The number of aromatic nitrogens is 1. The lowest BCUT2D eigenvalue weighted by Gasteiger charge is -2.32. The van der Waals surface area contributed by atoms with Gasteiger partial charge in [-0.1, -0.05) is 0 Å². The van der Waals surface area contributed by atoms with Crippen LogP contribution in [0.3, 0.4) is 0 Å². The summed E-state index contributed by atoms with van der Waals surface area (Å²) in [6.45, 7) is 10.3. The van der Waals surface area contributed by atoms with Crippen LogP contribution < -0.4 is 10.4 Å². The monoisotopic (exact) mass is 262 g/mol. The van der Waals surface area contributed by atoms with E-state index in [2.05, 4.69) is 45.7 Å². The quantitative estimate of drug-likeness (QED) is 0.760. The van der Waals surface area contributed by atoms with Crippen molar-refractivity contribution >= 4 is 18.4 Å². The molecule has 0 amide bonds. The minimum absolute atomic E-state index is 0.315. The molecule has 0 bridgehead atoms. The van der Waals surface area contributed by atoms with Crippen LogP contribution in [0.25, 0.3) is 0 Å². The maximum absolute atomic E-state index is 6.06. The number of hydrogen-bond acceptors (Lipinski definition) is 4. The molecule has 0 aromatic carbocycles. The summed E-state index contributed by atoms with van der Waals surface area (Å²) >= 11 is 0. The molecule has 0 spiro atoms. The van der Waals surface area contributed by atoms with Gasteiger partial charge in [-0.05, 0) is 46.2 Å². The summed E-state index contributed by atoms with van der Waals surface area (Å²) in [5, 5.41) is 0. The van der Waals surface area contributed by atoms with Gasteiger partial charge in [-0.3, -0.25) is 0 Å². The molecule has 1 fully saturated rings. The summed E-state index contributed by atoms with van der Waals surface area (Å²) < 4.78 is 12.1. The second kappa shape index (κ2) is 4.49. The summed E-state index contributed by atoms with van der Waals surface area (Å²) in [6.07, 6.45) is 1.85. The Balaban J connectivity index is 2.30.